The average Bonchev–Trinajstić information content (AvgIpc) is 3.47. The van der Waals surface area contributed by atoms with Gasteiger partial charge in [-0.2, -0.15) is 0 Å². The SMILES string of the molecule is Cc1cc(NC(=O)C2CCN(C(=O)Cc3coc4cc5c(cc34)CCC5)CC2)no1. The average molecular weight is 407 g/mol. The molecule has 3 aromatic rings. The van der Waals surface area contributed by atoms with Crippen LogP contribution in [0.15, 0.2) is 33.4 Å². The van der Waals surface area contributed by atoms with Gasteiger partial charge in [0, 0.05) is 36.0 Å². The lowest BCUT2D eigenvalue weighted by Gasteiger charge is -2.31. The van der Waals surface area contributed by atoms with E-state index in [9.17, 15) is 9.59 Å². The predicted molar refractivity (Wildman–Crippen MR) is 111 cm³/mol. The van der Waals surface area contributed by atoms with Crippen LogP contribution in [0.2, 0.25) is 0 Å². The van der Waals surface area contributed by atoms with Gasteiger partial charge in [0.2, 0.25) is 11.8 Å². The normalized spacial score (nSPS) is 16.8. The molecule has 2 aliphatic rings. The Bertz CT molecular complexity index is 1110. The number of nitrogens with one attached hydrogen (secondary N) is 1. The summed E-state index contributed by atoms with van der Waals surface area (Å²) in [5.41, 5.74) is 4.57. The van der Waals surface area contributed by atoms with E-state index < -0.39 is 0 Å². The Balaban J connectivity index is 1.19. The van der Waals surface area contributed by atoms with Crippen molar-refractivity contribution >= 4 is 28.6 Å². The number of likely N-dealkylation sites (tertiary alicyclic amines) is 1. The molecule has 1 N–H and O–H groups in total. The fourth-order valence-corrected chi connectivity index (χ4v) is 4.60. The molecule has 5 rings (SSSR count). The fourth-order valence-electron chi connectivity index (χ4n) is 4.60. The standard InChI is InChI=1S/C23H25N3O4/c1-14-9-21(25-30-14)24-23(28)15-5-7-26(8-6-15)22(27)12-18-13-29-20-11-17-4-2-3-16(17)10-19(18)20/h9-11,13,15H,2-8,12H2,1H3,(H,24,25,28). The highest BCUT2D eigenvalue weighted by Crippen LogP contribution is 2.31. The van der Waals surface area contributed by atoms with E-state index in [1.165, 1.54) is 17.5 Å². The molecule has 0 unspecified atom stereocenters. The minimum atomic E-state index is -0.122. The Morgan fingerprint density at radius 1 is 1.17 bits per heavy atom. The highest BCUT2D eigenvalue weighted by atomic mass is 16.5. The van der Waals surface area contributed by atoms with Gasteiger partial charge in [0.05, 0.1) is 12.7 Å². The summed E-state index contributed by atoms with van der Waals surface area (Å²) in [6.07, 6.45) is 6.75. The lowest BCUT2D eigenvalue weighted by atomic mass is 9.95. The van der Waals surface area contributed by atoms with Crippen molar-refractivity contribution in [2.75, 3.05) is 18.4 Å². The number of carbonyl (C=O) groups excluding carboxylic acids is 2. The van der Waals surface area contributed by atoms with Gasteiger partial charge < -0.3 is 19.2 Å². The molecule has 30 heavy (non-hydrogen) atoms. The van der Waals surface area contributed by atoms with E-state index >= 15 is 0 Å². The number of anilines is 1. The Morgan fingerprint density at radius 2 is 1.93 bits per heavy atom. The maximum absolute atomic E-state index is 12.9. The molecule has 0 saturated carbocycles. The number of carbonyl (C=O) groups is 2. The first-order valence-electron chi connectivity index (χ1n) is 10.6. The Labute approximate surface area is 174 Å². The van der Waals surface area contributed by atoms with Crippen LogP contribution in [0.4, 0.5) is 5.82 Å². The number of piperidine rings is 1. The summed E-state index contributed by atoms with van der Waals surface area (Å²) in [7, 11) is 0. The number of fused-ring (bicyclic) bond motifs is 2. The second-order valence-corrected chi connectivity index (χ2v) is 8.38. The molecule has 7 nitrogen and oxygen atoms in total. The highest BCUT2D eigenvalue weighted by molar-refractivity contribution is 5.92. The van der Waals surface area contributed by atoms with E-state index in [0.29, 0.717) is 43.9 Å². The molecular formula is C23H25N3O4. The first kappa shape index (κ1) is 18.9. The number of benzene rings is 1. The van der Waals surface area contributed by atoms with Crippen molar-refractivity contribution in [3.05, 3.63) is 46.9 Å². The summed E-state index contributed by atoms with van der Waals surface area (Å²) in [5.74, 6) is 0.995. The van der Waals surface area contributed by atoms with Crippen molar-refractivity contribution in [1.29, 1.82) is 0 Å². The predicted octanol–water partition coefficient (Wildman–Crippen LogP) is 3.64. The number of aryl methyl sites for hydroxylation is 3. The highest BCUT2D eigenvalue weighted by Gasteiger charge is 2.28. The third kappa shape index (κ3) is 3.60. The third-order valence-electron chi connectivity index (χ3n) is 6.31. The van der Waals surface area contributed by atoms with E-state index in [-0.39, 0.29) is 17.7 Å². The van der Waals surface area contributed by atoms with Crippen LogP contribution < -0.4 is 5.32 Å². The Hall–Kier alpha value is -3.09. The quantitative estimate of drug-likeness (QED) is 0.713. The number of amides is 2. The molecule has 2 aromatic heterocycles. The van der Waals surface area contributed by atoms with Gasteiger partial charge in [0.15, 0.2) is 5.82 Å². The molecule has 1 aliphatic carbocycles. The fraction of sp³-hybridized carbons (Fsp3) is 0.435. The van der Waals surface area contributed by atoms with Crippen LogP contribution in [0.3, 0.4) is 0 Å². The maximum atomic E-state index is 12.9. The van der Waals surface area contributed by atoms with Gasteiger partial charge in [-0.15, -0.1) is 0 Å². The second kappa shape index (κ2) is 7.63. The minimum Gasteiger partial charge on any atom is -0.464 e. The lowest BCUT2D eigenvalue weighted by Crippen LogP contribution is -2.42. The van der Waals surface area contributed by atoms with E-state index in [2.05, 4.69) is 22.6 Å². The molecular weight excluding hydrogens is 382 g/mol. The van der Waals surface area contributed by atoms with Gasteiger partial charge in [-0.3, -0.25) is 9.59 Å². The van der Waals surface area contributed by atoms with Crippen molar-refractivity contribution in [2.45, 2.75) is 45.4 Å². The molecule has 0 bridgehead atoms. The van der Waals surface area contributed by atoms with E-state index in [4.69, 9.17) is 8.94 Å². The largest absolute Gasteiger partial charge is 0.464 e. The van der Waals surface area contributed by atoms with Crippen LogP contribution in [0.25, 0.3) is 11.0 Å². The van der Waals surface area contributed by atoms with Crippen LogP contribution in [0.5, 0.6) is 0 Å². The number of hydrogen-bond acceptors (Lipinski definition) is 5. The molecule has 1 aromatic carbocycles. The molecule has 0 atom stereocenters. The molecule has 0 spiro atoms. The van der Waals surface area contributed by atoms with Crippen LogP contribution in [0, 0.1) is 12.8 Å². The summed E-state index contributed by atoms with van der Waals surface area (Å²) in [4.78, 5) is 27.2. The Kier molecular flexibility index (Phi) is 4.81. The van der Waals surface area contributed by atoms with Crippen molar-refractivity contribution < 1.29 is 18.5 Å². The number of hydrogen-bond donors (Lipinski definition) is 1. The number of nitrogens with zero attached hydrogens (tertiary/aromatic N) is 2. The van der Waals surface area contributed by atoms with Gasteiger partial charge in [0.1, 0.15) is 11.3 Å². The molecule has 3 heterocycles. The zero-order valence-corrected chi connectivity index (χ0v) is 17.1. The van der Waals surface area contributed by atoms with Crippen LogP contribution in [-0.4, -0.2) is 35.0 Å². The maximum Gasteiger partial charge on any atom is 0.228 e. The molecule has 0 radical (unpaired) electrons. The van der Waals surface area contributed by atoms with Gasteiger partial charge >= 0.3 is 0 Å². The lowest BCUT2D eigenvalue weighted by molar-refractivity contribution is -0.133. The first-order valence-corrected chi connectivity index (χ1v) is 10.6. The van der Waals surface area contributed by atoms with E-state index in [0.717, 1.165) is 29.4 Å². The third-order valence-corrected chi connectivity index (χ3v) is 6.31. The number of aromatic nitrogens is 1. The number of rotatable bonds is 4. The van der Waals surface area contributed by atoms with Gasteiger partial charge in [-0.1, -0.05) is 5.16 Å². The molecule has 1 saturated heterocycles. The molecule has 2 amide bonds. The summed E-state index contributed by atoms with van der Waals surface area (Å²) < 4.78 is 10.7. The van der Waals surface area contributed by atoms with Gasteiger partial charge in [-0.25, -0.2) is 0 Å². The monoisotopic (exact) mass is 407 g/mol. The van der Waals surface area contributed by atoms with Crippen molar-refractivity contribution in [2.24, 2.45) is 5.92 Å². The zero-order valence-electron chi connectivity index (χ0n) is 17.1. The van der Waals surface area contributed by atoms with Gasteiger partial charge in [0.25, 0.3) is 0 Å². The summed E-state index contributed by atoms with van der Waals surface area (Å²) in [6.45, 7) is 2.95. The van der Waals surface area contributed by atoms with Crippen LogP contribution >= 0.6 is 0 Å². The van der Waals surface area contributed by atoms with Crippen LogP contribution in [-0.2, 0) is 28.9 Å². The second-order valence-electron chi connectivity index (χ2n) is 8.38. The first-order chi connectivity index (χ1) is 14.6. The zero-order chi connectivity index (χ0) is 20.7. The van der Waals surface area contributed by atoms with Crippen LogP contribution in [0.1, 0.15) is 41.7 Å². The topological polar surface area (TPSA) is 88.6 Å². The molecule has 1 aliphatic heterocycles. The summed E-state index contributed by atoms with van der Waals surface area (Å²) >= 11 is 0. The Morgan fingerprint density at radius 3 is 2.67 bits per heavy atom. The van der Waals surface area contributed by atoms with Crippen molar-refractivity contribution in [3.63, 3.8) is 0 Å². The van der Waals surface area contributed by atoms with Crippen molar-refractivity contribution in [3.8, 4) is 0 Å². The van der Waals surface area contributed by atoms with E-state index in [1.54, 1.807) is 19.3 Å². The minimum absolute atomic E-state index is 0.0647. The van der Waals surface area contributed by atoms with E-state index in [1.807, 2.05) is 4.90 Å². The van der Waals surface area contributed by atoms with Crippen molar-refractivity contribution in [1.82, 2.24) is 10.1 Å². The summed E-state index contributed by atoms with van der Waals surface area (Å²) in [5, 5.41) is 7.65. The smallest absolute Gasteiger partial charge is 0.228 e. The number of furan rings is 1. The molecule has 1 fully saturated rings. The summed E-state index contributed by atoms with van der Waals surface area (Å²) in [6, 6.07) is 6.03. The molecule has 156 valence electrons. The van der Waals surface area contributed by atoms with Gasteiger partial charge in [-0.05, 0) is 62.3 Å². The molecule has 7 heteroatoms.